The molecular formula is C22H21NO6S. The maximum atomic E-state index is 12.9. The minimum atomic E-state index is -3.65. The topological polar surface area (TPSA) is 93.9 Å². The predicted octanol–water partition coefficient (Wildman–Crippen LogP) is 3.50. The first-order chi connectivity index (χ1) is 14.3. The fraction of sp³-hybridized carbons (Fsp3) is 0.273. The van der Waals surface area contributed by atoms with Gasteiger partial charge in [0.2, 0.25) is 10.0 Å². The van der Waals surface area contributed by atoms with Gasteiger partial charge in [0.1, 0.15) is 11.3 Å². The zero-order valence-electron chi connectivity index (χ0n) is 16.5. The Morgan fingerprint density at radius 3 is 2.57 bits per heavy atom. The quantitative estimate of drug-likeness (QED) is 0.359. The zero-order chi connectivity index (χ0) is 21.3. The maximum Gasteiger partial charge on any atom is 0.343 e. The van der Waals surface area contributed by atoms with Crippen LogP contribution >= 0.6 is 0 Å². The van der Waals surface area contributed by atoms with Gasteiger partial charge in [-0.3, -0.25) is 0 Å². The van der Waals surface area contributed by atoms with Crippen LogP contribution in [0.4, 0.5) is 0 Å². The first kappa shape index (κ1) is 20.3. The van der Waals surface area contributed by atoms with Crippen LogP contribution in [0.5, 0.6) is 5.75 Å². The van der Waals surface area contributed by atoms with Crippen molar-refractivity contribution in [3.05, 3.63) is 70.1 Å². The van der Waals surface area contributed by atoms with Crippen LogP contribution in [0.1, 0.15) is 35.2 Å². The van der Waals surface area contributed by atoms with Gasteiger partial charge in [0.25, 0.3) is 0 Å². The monoisotopic (exact) mass is 427 g/mol. The SMILES string of the molecule is Cc1cc(=O)oc2cc(OC(=O)c3cccc(S(=O)(=O)N4CCCCC4)c3)ccc12. The standard InChI is InChI=1S/C22H21NO6S/c1-15-12-21(24)29-20-14-17(8-9-19(15)20)28-22(25)16-6-5-7-18(13-16)30(26,27)23-10-3-2-4-11-23/h5-9,12-14H,2-4,10-11H2,1H3. The Hall–Kier alpha value is -2.97. The molecule has 0 N–H and O–H groups in total. The summed E-state index contributed by atoms with van der Waals surface area (Å²) in [6.45, 7) is 2.76. The molecule has 30 heavy (non-hydrogen) atoms. The molecular weight excluding hydrogens is 406 g/mol. The molecule has 3 aromatic rings. The number of carbonyl (C=O) groups is 1. The van der Waals surface area contributed by atoms with Gasteiger partial charge in [0.05, 0.1) is 10.5 Å². The molecule has 0 spiro atoms. The fourth-order valence-corrected chi connectivity index (χ4v) is 5.14. The van der Waals surface area contributed by atoms with Crippen LogP contribution in [0.25, 0.3) is 11.0 Å². The Labute approximate surface area is 173 Å². The van der Waals surface area contributed by atoms with E-state index in [4.69, 9.17) is 9.15 Å². The number of piperidine rings is 1. The molecule has 0 radical (unpaired) electrons. The molecule has 0 saturated carbocycles. The van der Waals surface area contributed by atoms with Crippen molar-refractivity contribution in [1.29, 1.82) is 0 Å². The lowest BCUT2D eigenvalue weighted by atomic mass is 10.1. The third-order valence-corrected chi connectivity index (χ3v) is 7.05. The van der Waals surface area contributed by atoms with E-state index in [1.54, 1.807) is 19.1 Å². The van der Waals surface area contributed by atoms with E-state index < -0.39 is 21.6 Å². The van der Waals surface area contributed by atoms with Crippen LogP contribution in [0, 0.1) is 6.92 Å². The van der Waals surface area contributed by atoms with E-state index in [1.165, 1.54) is 40.7 Å². The summed E-state index contributed by atoms with van der Waals surface area (Å²) in [6.07, 6.45) is 2.68. The number of hydrogen-bond acceptors (Lipinski definition) is 6. The minimum Gasteiger partial charge on any atom is -0.423 e. The number of rotatable bonds is 4. The number of esters is 1. The second-order valence-electron chi connectivity index (χ2n) is 7.29. The Morgan fingerprint density at radius 1 is 1.03 bits per heavy atom. The summed E-state index contributed by atoms with van der Waals surface area (Å²) in [5, 5.41) is 0.740. The van der Waals surface area contributed by atoms with Gasteiger partial charge in [-0.25, -0.2) is 18.0 Å². The summed E-state index contributed by atoms with van der Waals surface area (Å²) in [6, 6.07) is 12.0. The van der Waals surface area contributed by atoms with Crippen molar-refractivity contribution in [2.24, 2.45) is 0 Å². The molecule has 1 saturated heterocycles. The maximum absolute atomic E-state index is 12.9. The Balaban J connectivity index is 1.59. The summed E-state index contributed by atoms with van der Waals surface area (Å²) in [5.74, 6) is -0.495. The van der Waals surface area contributed by atoms with Gasteiger partial charge in [-0.15, -0.1) is 0 Å². The molecule has 156 valence electrons. The van der Waals surface area contributed by atoms with E-state index in [1.807, 2.05) is 0 Å². The van der Waals surface area contributed by atoms with Crippen molar-refractivity contribution in [3.8, 4) is 5.75 Å². The molecule has 8 heteroatoms. The summed E-state index contributed by atoms with van der Waals surface area (Å²) >= 11 is 0. The molecule has 1 fully saturated rings. The molecule has 0 bridgehead atoms. The van der Waals surface area contributed by atoms with Gasteiger partial charge in [-0.2, -0.15) is 4.31 Å². The van der Waals surface area contributed by atoms with Gasteiger partial charge < -0.3 is 9.15 Å². The molecule has 1 aliphatic heterocycles. The zero-order valence-corrected chi connectivity index (χ0v) is 17.3. The summed E-state index contributed by atoms with van der Waals surface area (Å²) < 4.78 is 37.7. The molecule has 0 amide bonds. The third kappa shape index (κ3) is 4.01. The molecule has 1 aliphatic rings. The van der Waals surface area contributed by atoms with Crippen LogP contribution in [-0.2, 0) is 10.0 Å². The van der Waals surface area contributed by atoms with Gasteiger partial charge in [-0.05, 0) is 55.7 Å². The number of nitrogens with zero attached hydrogens (tertiary/aromatic N) is 1. The van der Waals surface area contributed by atoms with E-state index in [-0.39, 0.29) is 16.2 Å². The highest BCUT2D eigenvalue weighted by atomic mass is 32.2. The van der Waals surface area contributed by atoms with Crippen LogP contribution in [0.2, 0.25) is 0 Å². The van der Waals surface area contributed by atoms with Crippen molar-refractivity contribution in [2.75, 3.05) is 13.1 Å². The molecule has 1 aromatic heterocycles. The van der Waals surface area contributed by atoms with Crippen LogP contribution in [0.3, 0.4) is 0 Å². The van der Waals surface area contributed by atoms with Crippen LogP contribution < -0.4 is 10.4 Å². The number of ether oxygens (including phenoxy) is 1. The fourth-order valence-electron chi connectivity index (χ4n) is 3.57. The summed E-state index contributed by atoms with van der Waals surface area (Å²) in [5.41, 5.74) is 0.708. The molecule has 0 unspecified atom stereocenters. The summed E-state index contributed by atoms with van der Waals surface area (Å²) in [7, 11) is -3.65. The molecule has 4 rings (SSSR count). The first-order valence-corrected chi connectivity index (χ1v) is 11.2. The normalized spacial score (nSPS) is 15.2. The Kier molecular flexibility index (Phi) is 5.44. The summed E-state index contributed by atoms with van der Waals surface area (Å²) in [4.78, 5) is 24.3. The predicted molar refractivity (Wildman–Crippen MR) is 111 cm³/mol. The average molecular weight is 427 g/mol. The number of benzene rings is 2. The minimum absolute atomic E-state index is 0.0685. The number of carbonyl (C=O) groups excluding carboxylic acids is 1. The number of hydrogen-bond donors (Lipinski definition) is 0. The van der Waals surface area contributed by atoms with Gasteiger partial charge in [0, 0.05) is 30.6 Å². The third-order valence-electron chi connectivity index (χ3n) is 5.16. The number of sulfonamides is 1. The van der Waals surface area contributed by atoms with E-state index >= 15 is 0 Å². The van der Waals surface area contributed by atoms with Gasteiger partial charge >= 0.3 is 11.6 Å². The first-order valence-electron chi connectivity index (χ1n) is 9.71. The molecule has 7 nitrogen and oxygen atoms in total. The average Bonchev–Trinajstić information content (AvgIpc) is 2.74. The number of aryl methyl sites for hydroxylation is 1. The highest BCUT2D eigenvalue weighted by Crippen LogP contribution is 2.24. The van der Waals surface area contributed by atoms with Crippen molar-refractivity contribution < 1.29 is 22.4 Å². The Morgan fingerprint density at radius 2 is 1.80 bits per heavy atom. The van der Waals surface area contributed by atoms with Gasteiger partial charge in [0.15, 0.2) is 0 Å². The second kappa shape index (κ2) is 8.04. The largest absolute Gasteiger partial charge is 0.423 e. The van der Waals surface area contributed by atoms with E-state index in [2.05, 4.69) is 0 Å². The highest BCUT2D eigenvalue weighted by molar-refractivity contribution is 7.89. The second-order valence-corrected chi connectivity index (χ2v) is 9.23. The van der Waals surface area contributed by atoms with E-state index in [0.29, 0.717) is 18.7 Å². The molecule has 2 aromatic carbocycles. The van der Waals surface area contributed by atoms with E-state index in [9.17, 15) is 18.0 Å². The highest BCUT2D eigenvalue weighted by Gasteiger charge is 2.26. The van der Waals surface area contributed by atoms with Gasteiger partial charge in [-0.1, -0.05) is 12.5 Å². The molecule has 0 atom stereocenters. The van der Waals surface area contributed by atoms with Crippen molar-refractivity contribution >= 4 is 27.0 Å². The lowest BCUT2D eigenvalue weighted by molar-refractivity contribution is 0.0734. The lowest BCUT2D eigenvalue weighted by Crippen LogP contribution is -2.35. The van der Waals surface area contributed by atoms with Crippen LogP contribution in [0.15, 0.2) is 62.6 Å². The smallest absolute Gasteiger partial charge is 0.343 e. The molecule has 0 aliphatic carbocycles. The van der Waals surface area contributed by atoms with Crippen molar-refractivity contribution in [1.82, 2.24) is 4.31 Å². The van der Waals surface area contributed by atoms with E-state index in [0.717, 1.165) is 30.2 Å². The Bertz CT molecular complexity index is 1270. The lowest BCUT2D eigenvalue weighted by Gasteiger charge is -2.25. The number of fused-ring (bicyclic) bond motifs is 1. The van der Waals surface area contributed by atoms with Crippen molar-refractivity contribution in [3.63, 3.8) is 0 Å². The van der Waals surface area contributed by atoms with Crippen LogP contribution in [-0.4, -0.2) is 31.8 Å². The van der Waals surface area contributed by atoms with Crippen molar-refractivity contribution in [2.45, 2.75) is 31.1 Å². The molecule has 2 heterocycles.